The summed E-state index contributed by atoms with van der Waals surface area (Å²) in [6, 6.07) is 0. The molecule has 1 nitrogen and oxygen atoms in total. The van der Waals surface area contributed by atoms with Crippen molar-refractivity contribution in [2.75, 3.05) is 38.4 Å². The Morgan fingerprint density at radius 1 is 1.00 bits per heavy atom. The van der Waals surface area contributed by atoms with E-state index in [1.54, 1.807) is 7.11 Å². The molecule has 0 radical (unpaired) electrons. The van der Waals surface area contributed by atoms with E-state index >= 15 is 0 Å². The van der Waals surface area contributed by atoms with Gasteiger partial charge in [0.15, 0.2) is 0 Å². The first-order valence-corrected chi connectivity index (χ1v) is 7.56. The van der Waals surface area contributed by atoms with E-state index in [1.165, 1.54) is 24.6 Å². The predicted molar refractivity (Wildman–Crippen MR) is 56.7 cm³/mol. The Balaban J connectivity index is 3.84. The second-order valence-electron chi connectivity index (χ2n) is 3.30. The standard InChI is InChI=1S/C9H23OP/c1-5-11(6-2,7-3)9-8-10-4/h11H,5-9H2,1-4H3. The van der Waals surface area contributed by atoms with Crippen LogP contribution < -0.4 is 0 Å². The number of rotatable bonds is 6. The van der Waals surface area contributed by atoms with Crippen molar-refractivity contribution in [1.82, 2.24) is 0 Å². The van der Waals surface area contributed by atoms with E-state index < -0.39 is 7.26 Å². The fourth-order valence-corrected chi connectivity index (χ4v) is 4.80. The molecule has 11 heavy (non-hydrogen) atoms. The van der Waals surface area contributed by atoms with Gasteiger partial charge < -0.3 is 0 Å². The van der Waals surface area contributed by atoms with Crippen LogP contribution in [0.3, 0.4) is 0 Å². The third kappa shape index (κ3) is 3.53. The van der Waals surface area contributed by atoms with Gasteiger partial charge in [0, 0.05) is 0 Å². The van der Waals surface area contributed by atoms with Crippen LogP contribution in [0.2, 0.25) is 0 Å². The molecule has 0 atom stereocenters. The first-order valence-electron chi connectivity index (χ1n) is 4.73. The summed E-state index contributed by atoms with van der Waals surface area (Å²) in [5.74, 6) is 0. The van der Waals surface area contributed by atoms with Gasteiger partial charge in [-0.2, -0.15) is 0 Å². The minimum absolute atomic E-state index is 0.863. The molecule has 0 aliphatic heterocycles. The zero-order chi connectivity index (χ0) is 8.74. The fraction of sp³-hybridized carbons (Fsp3) is 1.00. The van der Waals surface area contributed by atoms with Crippen LogP contribution in [0.25, 0.3) is 0 Å². The molecular formula is C9H23OP. The SMILES string of the molecule is CC[PH](CC)(CC)CCOC. The van der Waals surface area contributed by atoms with Gasteiger partial charge in [0.1, 0.15) is 0 Å². The Bertz CT molecular complexity index is 81.3. The van der Waals surface area contributed by atoms with Gasteiger partial charge >= 0.3 is 71.1 Å². The first kappa shape index (κ1) is 11.4. The van der Waals surface area contributed by atoms with Crippen LogP contribution in [0.4, 0.5) is 0 Å². The van der Waals surface area contributed by atoms with Crippen molar-refractivity contribution in [2.45, 2.75) is 20.8 Å². The Morgan fingerprint density at radius 3 is 1.73 bits per heavy atom. The summed E-state index contributed by atoms with van der Waals surface area (Å²) in [5.41, 5.74) is 0. The van der Waals surface area contributed by atoms with Gasteiger partial charge in [-0.3, -0.25) is 0 Å². The van der Waals surface area contributed by atoms with Gasteiger partial charge in [0.05, 0.1) is 0 Å². The van der Waals surface area contributed by atoms with Crippen molar-refractivity contribution in [3.05, 3.63) is 0 Å². The van der Waals surface area contributed by atoms with E-state index in [0.717, 1.165) is 6.61 Å². The summed E-state index contributed by atoms with van der Waals surface area (Å²) in [6.45, 7) is 8.00. The van der Waals surface area contributed by atoms with Gasteiger partial charge in [0.25, 0.3) is 0 Å². The molecule has 0 saturated heterocycles. The van der Waals surface area contributed by atoms with E-state index in [1.807, 2.05) is 0 Å². The van der Waals surface area contributed by atoms with Crippen molar-refractivity contribution < 1.29 is 4.74 Å². The normalized spacial score (nSPS) is 13.5. The molecule has 0 rings (SSSR count). The molecule has 0 fully saturated rings. The van der Waals surface area contributed by atoms with Crippen molar-refractivity contribution >= 4 is 7.26 Å². The number of ether oxygens (including phenoxy) is 1. The maximum absolute atomic E-state index is 5.14. The Hall–Kier alpha value is 0.390. The molecule has 70 valence electrons. The fourth-order valence-electron chi connectivity index (χ4n) is 1.60. The van der Waals surface area contributed by atoms with Crippen LogP contribution in [0, 0.1) is 0 Å². The molecule has 0 aromatic heterocycles. The van der Waals surface area contributed by atoms with Gasteiger partial charge in [-0.15, -0.1) is 0 Å². The van der Waals surface area contributed by atoms with E-state index in [4.69, 9.17) is 4.74 Å². The molecule has 0 heterocycles. The topological polar surface area (TPSA) is 9.23 Å². The van der Waals surface area contributed by atoms with Crippen LogP contribution in [-0.4, -0.2) is 38.4 Å². The van der Waals surface area contributed by atoms with Crippen LogP contribution in [0.15, 0.2) is 0 Å². The van der Waals surface area contributed by atoms with E-state index in [2.05, 4.69) is 20.8 Å². The molecule has 0 aromatic carbocycles. The van der Waals surface area contributed by atoms with Crippen LogP contribution >= 0.6 is 7.26 Å². The third-order valence-electron chi connectivity index (χ3n) is 3.09. The van der Waals surface area contributed by atoms with Crippen LogP contribution in [-0.2, 0) is 4.74 Å². The Morgan fingerprint density at radius 2 is 1.45 bits per heavy atom. The maximum atomic E-state index is 5.14. The molecule has 0 spiro atoms. The quantitative estimate of drug-likeness (QED) is 0.568. The molecule has 0 aliphatic carbocycles. The molecule has 0 aromatic rings. The molecule has 0 unspecified atom stereocenters. The summed E-state index contributed by atoms with van der Waals surface area (Å²) in [4.78, 5) is 0. The summed E-state index contributed by atoms with van der Waals surface area (Å²) in [6.07, 6.45) is 5.61. The second-order valence-corrected chi connectivity index (χ2v) is 8.92. The van der Waals surface area contributed by atoms with Gasteiger partial charge in [-0.1, -0.05) is 0 Å². The summed E-state index contributed by atoms with van der Waals surface area (Å²) in [5, 5.41) is 0. The zero-order valence-corrected chi connectivity index (χ0v) is 9.44. The third-order valence-corrected chi connectivity index (χ3v) is 8.85. The van der Waals surface area contributed by atoms with Crippen molar-refractivity contribution in [3.8, 4) is 0 Å². The minimum atomic E-state index is -0.863. The molecule has 0 aliphatic rings. The van der Waals surface area contributed by atoms with E-state index in [0.29, 0.717) is 0 Å². The summed E-state index contributed by atoms with van der Waals surface area (Å²) >= 11 is 0. The van der Waals surface area contributed by atoms with Gasteiger partial charge in [-0.05, 0) is 0 Å². The molecule has 0 amide bonds. The van der Waals surface area contributed by atoms with Crippen LogP contribution in [0.1, 0.15) is 20.8 Å². The summed E-state index contributed by atoms with van der Waals surface area (Å²) < 4.78 is 5.14. The average molecular weight is 178 g/mol. The predicted octanol–water partition coefficient (Wildman–Crippen LogP) is 2.44. The first-order chi connectivity index (χ1) is 5.24. The van der Waals surface area contributed by atoms with E-state index in [-0.39, 0.29) is 0 Å². The van der Waals surface area contributed by atoms with Gasteiger partial charge in [0.2, 0.25) is 0 Å². The Labute approximate surface area is 71.9 Å². The molecule has 0 bridgehead atoms. The van der Waals surface area contributed by atoms with Crippen molar-refractivity contribution in [3.63, 3.8) is 0 Å². The van der Waals surface area contributed by atoms with Crippen LogP contribution in [0.5, 0.6) is 0 Å². The molecule has 2 heteroatoms. The second kappa shape index (κ2) is 5.97. The molecule has 0 N–H and O–H groups in total. The van der Waals surface area contributed by atoms with Gasteiger partial charge in [-0.25, -0.2) is 0 Å². The molecule has 0 saturated carbocycles. The average Bonchev–Trinajstić information content (AvgIpc) is 2.08. The van der Waals surface area contributed by atoms with Crippen molar-refractivity contribution in [1.29, 1.82) is 0 Å². The number of methoxy groups -OCH3 is 1. The van der Waals surface area contributed by atoms with E-state index in [9.17, 15) is 0 Å². The summed E-state index contributed by atoms with van der Waals surface area (Å²) in [7, 11) is 0.942. The zero-order valence-electron chi connectivity index (χ0n) is 8.44. The Kier molecular flexibility index (Phi) is 6.18. The monoisotopic (exact) mass is 178 g/mol. The van der Waals surface area contributed by atoms with Crippen molar-refractivity contribution in [2.24, 2.45) is 0 Å². The number of hydrogen-bond donors (Lipinski definition) is 0. The molecular weight excluding hydrogens is 155 g/mol. The number of hydrogen-bond acceptors (Lipinski definition) is 1.